The van der Waals surface area contributed by atoms with Gasteiger partial charge < -0.3 is 25.2 Å². The maximum Gasteiger partial charge on any atom is 0.227 e. The number of carbonyl (C=O) groups excluding carboxylic acids is 1. The predicted molar refractivity (Wildman–Crippen MR) is 129 cm³/mol. The van der Waals surface area contributed by atoms with E-state index in [1.165, 1.54) is 5.69 Å². The molecule has 2 fully saturated rings. The van der Waals surface area contributed by atoms with Crippen molar-refractivity contribution in [2.75, 3.05) is 50.6 Å². The standard InChI is InChI=1S/C25H33N5O2/c1-26-25(30-15-13-29(14-16-30)22-9-11-23(32-2)12-10-22)27-18-19-5-3-8-21(17-19)28-24(31)20-6-4-7-20/h3,5,8-12,17,20H,4,6-7,13-16,18H2,1-2H3,(H,26,27)(H,28,31). The number of nitrogens with zero attached hydrogens (tertiary/aromatic N) is 3. The number of benzene rings is 2. The van der Waals surface area contributed by atoms with E-state index in [1.54, 1.807) is 7.11 Å². The van der Waals surface area contributed by atoms with E-state index in [9.17, 15) is 4.79 Å². The second kappa shape index (κ2) is 10.4. The molecule has 32 heavy (non-hydrogen) atoms. The van der Waals surface area contributed by atoms with Gasteiger partial charge in [0.05, 0.1) is 7.11 Å². The molecule has 0 aromatic heterocycles. The number of rotatable bonds is 6. The van der Waals surface area contributed by atoms with E-state index in [0.717, 1.165) is 68.4 Å². The second-order valence-corrected chi connectivity index (χ2v) is 8.39. The number of guanidine groups is 1. The van der Waals surface area contributed by atoms with Gasteiger partial charge in [-0.05, 0) is 54.8 Å². The van der Waals surface area contributed by atoms with Crippen molar-refractivity contribution in [3.63, 3.8) is 0 Å². The minimum Gasteiger partial charge on any atom is -0.497 e. The molecule has 1 aliphatic heterocycles. The van der Waals surface area contributed by atoms with Gasteiger partial charge in [0.1, 0.15) is 5.75 Å². The molecule has 2 aromatic rings. The van der Waals surface area contributed by atoms with Gasteiger partial charge in [-0.1, -0.05) is 18.6 Å². The van der Waals surface area contributed by atoms with Crippen molar-refractivity contribution in [1.29, 1.82) is 0 Å². The van der Waals surface area contributed by atoms with Crippen LogP contribution < -0.4 is 20.3 Å². The van der Waals surface area contributed by atoms with Crippen LogP contribution in [-0.2, 0) is 11.3 Å². The molecule has 170 valence electrons. The van der Waals surface area contributed by atoms with E-state index in [2.05, 4.69) is 43.6 Å². The third-order valence-corrected chi connectivity index (χ3v) is 6.35. The van der Waals surface area contributed by atoms with Gasteiger partial charge >= 0.3 is 0 Å². The van der Waals surface area contributed by atoms with Gasteiger partial charge in [-0.3, -0.25) is 9.79 Å². The summed E-state index contributed by atoms with van der Waals surface area (Å²) < 4.78 is 5.26. The van der Waals surface area contributed by atoms with Crippen LogP contribution in [0.4, 0.5) is 11.4 Å². The molecule has 4 rings (SSSR count). The fraction of sp³-hybridized carbons (Fsp3) is 0.440. The highest BCUT2D eigenvalue weighted by molar-refractivity contribution is 5.93. The Morgan fingerprint density at radius 1 is 1.09 bits per heavy atom. The molecule has 1 heterocycles. The van der Waals surface area contributed by atoms with E-state index in [1.807, 2.05) is 37.4 Å². The molecular formula is C25H33N5O2. The predicted octanol–water partition coefficient (Wildman–Crippen LogP) is 3.33. The average Bonchev–Trinajstić information content (AvgIpc) is 2.79. The van der Waals surface area contributed by atoms with Gasteiger partial charge in [-0.25, -0.2) is 0 Å². The Hall–Kier alpha value is -3.22. The first-order valence-corrected chi connectivity index (χ1v) is 11.4. The molecule has 7 nitrogen and oxygen atoms in total. The molecule has 2 N–H and O–H groups in total. The maximum atomic E-state index is 12.2. The highest BCUT2D eigenvalue weighted by Gasteiger charge is 2.25. The summed E-state index contributed by atoms with van der Waals surface area (Å²) in [6.07, 6.45) is 3.18. The van der Waals surface area contributed by atoms with E-state index in [4.69, 9.17) is 4.74 Å². The molecule has 0 radical (unpaired) electrons. The zero-order chi connectivity index (χ0) is 22.3. The normalized spacial score (nSPS) is 17.0. The number of hydrogen-bond donors (Lipinski definition) is 2. The van der Waals surface area contributed by atoms with Crippen molar-refractivity contribution in [3.05, 3.63) is 54.1 Å². The number of methoxy groups -OCH3 is 1. The van der Waals surface area contributed by atoms with Gasteiger partial charge in [-0.15, -0.1) is 0 Å². The summed E-state index contributed by atoms with van der Waals surface area (Å²) in [5, 5.41) is 6.53. The Morgan fingerprint density at radius 3 is 2.47 bits per heavy atom. The first-order chi connectivity index (χ1) is 15.7. The van der Waals surface area contributed by atoms with Crippen LogP contribution in [0.25, 0.3) is 0 Å². The minimum atomic E-state index is 0.145. The molecule has 1 saturated heterocycles. The Morgan fingerprint density at radius 2 is 1.84 bits per heavy atom. The molecule has 1 amide bonds. The van der Waals surface area contributed by atoms with E-state index in [-0.39, 0.29) is 11.8 Å². The molecule has 2 aliphatic rings. The summed E-state index contributed by atoms with van der Waals surface area (Å²) in [6, 6.07) is 16.3. The number of carbonyl (C=O) groups is 1. The Balaban J connectivity index is 1.28. The summed E-state index contributed by atoms with van der Waals surface area (Å²) in [6.45, 7) is 4.36. The van der Waals surface area contributed by atoms with Crippen LogP contribution >= 0.6 is 0 Å². The monoisotopic (exact) mass is 435 g/mol. The molecule has 7 heteroatoms. The number of anilines is 2. The van der Waals surface area contributed by atoms with Crippen molar-refractivity contribution < 1.29 is 9.53 Å². The molecule has 0 atom stereocenters. The Labute approximate surface area is 190 Å². The Bertz CT molecular complexity index is 932. The first kappa shape index (κ1) is 22.0. The molecule has 0 bridgehead atoms. The number of hydrogen-bond acceptors (Lipinski definition) is 4. The fourth-order valence-electron chi connectivity index (χ4n) is 4.16. The molecule has 1 aliphatic carbocycles. The van der Waals surface area contributed by atoms with Gasteiger partial charge in [0.15, 0.2) is 5.96 Å². The smallest absolute Gasteiger partial charge is 0.227 e. The summed E-state index contributed by atoms with van der Waals surface area (Å²) in [5.41, 5.74) is 3.20. The van der Waals surface area contributed by atoms with Gasteiger partial charge in [0, 0.05) is 57.1 Å². The van der Waals surface area contributed by atoms with Crippen LogP contribution in [0.2, 0.25) is 0 Å². The third-order valence-electron chi connectivity index (χ3n) is 6.35. The van der Waals surface area contributed by atoms with Crippen LogP contribution in [0.5, 0.6) is 5.75 Å². The lowest BCUT2D eigenvalue weighted by Crippen LogP contribution is -2.52. The second-order valence-electron chi connectivity index (χ2n) is 8.39. The molecular weight excluding hydrogens is 402 g/mol. The zero-order valence-corrected chi connectivity index (χ0v) is 19.0. The van der Waals surface area contributed by atoms with E-state index in [0.29, 0.717) is 6.54 Å². The molecule has 1 saturated carbocycles. The fourth-order valence-corrected chi connectivity index (χ4v) is 4.16. The van der Waals surface area contributed by atoms with Gasteiger partial charge in [-0.2, -0.15) is 0 Å². The number of piperazine rings is 1. The molecule has 0 unspecified atom stereocenters. The maximum absolute atomic E-state index is 12.2. The number of ether oxygens (including phenoxy) is 1. The average molecular weight is 436 g/mol. The van der Waals surface area contributed by atoms with Gasteiger partial charge in [0.2, 0.25) is 5.91 Å². The SMILES string of the molecule is CN=C(NCc1cccc(NC(=O)C2CCC2)c1)N1CCN(c2ccc(OC)cc2)CC1. The van der Waals surface area contributed by atoms with Crippen LogP contribution in [-0.4, -0.2) is 57.1 Å². The topological polar surface area (TPSA) is 69.2 Å². The Kier molecular flexibility index (Phi) is 7.14. The number of aliphatic imine (C=N–C) groups is 1. The highest BCUT2D eigenvalue weighted by Crippen LogP contribution is 2.27. The van der Waals surface area contributed by atoms with Crippen LogP contribution in [0, 0.1) is 5.92 Å². The summed E-state index contributed by atoms with van der Waals surface area (Å²) in [7, 11) is 3.52. The number of nitrogens with one attached hydrogen (secondary N) is 2. The van der Waals surface area contributed by atoms with Crippen molar-refractivity contribution in [1.82, 2.24) is 10.2 Å². The van der Waals surface area contributed by atoms with Crippen molar-refractivity contribution in [2.24, 2.45) is 10.9 Å². The lowest BCUT2D eigenvalue weighted by Gasteiger charge is -2.37. The van der Waals surface area contributed by atoms with Crippen molar-refractivity contribution >= 4 is 23.2 Å². The minimum absolute atomic E-state index is 0.145. The third kappa shape index (κ3) is 5.33. The summed E-state index contributed by atoms with van der Waals surface area (Å²) >= 11 is 0. The zero-order valence-electron chi connectivity index (χ0n) is 19.0. The van der Waals surface area contributed by atoms with Crippen LogP contribution in [0.3, 0.4) is 0 Å². The number of amides is 1. The first-order valence-electron chi connectivity index (χ1n) is 11.4. The molecule has 0 spiro atoms. The quantitative estimate of drug-likeness (QED) is 0.538. The lowest BCUT2D eigenvalue weighted by molar-refractivity contribution is -0.122. The highest BCUT2D eigenvalue weighted by atomic mass is 16.5. The van der Waals surface area contributed by atoms with Crippen LogP contribution in [0.15, 0.2) is 53.5 Å². The van der Waals surface area contributed by atoms with Crippen molar-refractivity contribution in [2.45, 2.75) is 25.8 Å². The van der Waals surface area contributed by atoms with Gasteiger partial charge in [0.25, 0.3) is 0 Å². The largest absolute Gasteiger partial charge is 0.497 e. The summed E-state index contributed by atoms with van der Waals surface area (Å²) in [5.74, 6) is 2.12. The summed E-state index contributed by atoms with van der Waals surface area (Å²) in [4.78, 5) is 21.4. The van der Waals surface area contributed by atoms with E-state index >= 15 is 0 Å². The van der Waals surface area contributed by atoms with E-state index < -0.39 is 0 Å². The van der Waals surface area contributed by atoms with Crippen LogP contribution in [0.1, 0.15) is 24.8 Å². The lowest BCUT2D eigenvalue weighted by atomic mass is 9.85. The van der Waals surface area contributed by atoms with Crippen molar-refractivity contribution in [3.8, 4) is 5.75 Å². The molecule has 2 aromatic carbocycles.